The summed E-state index contributed by atoms with van der Waals surface area (Å²) in [6.07, 6.45) is 1.70. The van der Waals surface area contributed by atoms with Crippen LogP contribution in [0, 0.1) is 6.92 Å². The molecule has 0 amide bonds. The number of nitrogens with one attached hydrogen (secondary N) is 2. The number of hydrogen-bond acceptors (Lipinski definition) is 6. The molecular formula is C18H15BrN4O2. The number of aromatic nitrogens is 2. The van der Waals surface area contributed by atoms with Gasteiger partial charge in [0.25, 0.3) is 0 Å². The zero-order valence-corrected chi connectivity index (χ0v) is 15.0. The highest BCUT2D eigenvalue weighted by Gasteiger charge is 2.13. The van der Waals surface area contributed by atoms with Crippen LogP contribution in [0.4, 0.5) is 23.1 Å². The maximum absolute atomic E-state index is 5.38. The zero-order chi connectivity index (χ0) is 17.2. The quantitative estimate of drug-likeness (QED) is 0.659. The van der Waals surface area contributed by atoms with E-state index in [0.717, 1.165) is 21.6 Å². The van der Waals surface area contributed by atoms with Gasteiger partial charge in [-0.25, -0.2) is 4.98 Å². The molecule has 25 heavy (non-hydrogen) atoms. The van der Waals surface area contributed by atoms with Gasteiger partial charge in [0.15, 0.2) is 11.5 Å². The highest BCUT2D eigenvalue weighted by Crippen LogP contribution is 2.35. The fourth-order valence-electron chi connectivity index (χ4n) is 2.45. The van der Waals surface area contributed by atoms with Gasteiger partial charge in [0, 0.05) is 22.4 Å². The van der Waals surface area contributed by atoms with Crippen LogP contribution in [0.1, 0.15) is 5.56 Å². The maximum atomic E-state index is 5.38. The molecule has 3 aromatic rings. The van der Waals surface area contributed by atoms with Crippen LogP contribution in [-0.2, 0) is 0 Å². The Hall–Kier alpha value is -2.80. The first kappa shape index (κ1) is 15.7. The third-order valence-corrected chi connectivity index (χ3v) is 4.33. The molecule has 0 spiro atoms. The minimum Gasteiger partial charge on any atom is -0.454 e. The zero-order valence-electron chi connectivity index (χ0n) is 13.4. The first-order valence-electron chi connectivity index (χ1n) is 7.70. The van der Waals surface area contributed by atoms with Gasteiger partial charge in [-0.3, -0.25) is 0 Å². The summed E-state index contributed by atoms with van der Waals surface area (Å²) in [4.78, 5) is 8.75. The predicted molar refractivity (Wildman–Crippen MR) is 100 cm³/mol. The predicted octanol–water partition coefficient (Wildman–Crippen LogP) is 4.76. The van der Waals surface area contributed by atoms with E-state index in [2.05, 4.69) is 42.6 Å². The molecule has 0 saturated heterocycles. The number of ether oxygens (including phenoxy) is 2. The lowest BCUT2D eigenvalue weighted by atomic mass is 10.2. The largest absolute Gasteiger partial charge is 0.454 e. The van der Waals surface area contributed by atoms with Gasteiger partial charge in [0.2, 0.25) is 12.7 Å². The minimum atomic E-state index is 0.250. The molecule has 1 aliphatic rings. The first-order chi connectivity index (χ1) is 12.2. The third kappa shape index (κ3) is 3.51. The van der Waals surface area contributed by atoms with E-state index in [4.69, 9.17) is 9.47 Å². The van der Waals surface area contributed by atoms with Crippen molar-refractivity contribution in [2.75, 3.05) is 17.4 Å². The van der Waals surface area contributed by atoms with Crippen molar-refractivity contribution < 1.29 is 9.47 Å². The Labute approximate surface area is 153 Å². The fourth-order valence-corrected chi connectivity index (χ4v) is 3.04. The molecule has 0 saturated carbocycles. The standard InChI is InChI=1S/C18H15BrN4O2/c1-11-2-4-14(13(19)8-11)22-17-6-7-20-18(23-17)21-12-3-5-15-16(9-12)25-10-24-15/h2-9H,10H2,1H3,(H2,20,21,22,23). The van der Waals surface area contributed by atoms with E-state index in [1.807, 2.05) is 43.3 Å². The van der Waals surface area contributed by atoms with Gasteiger partial charge >= 0.3 is 0 Å². The Morgan fingerprint density at radius 1 is 1.00 bits per heavy atom. The van der Waals surface area contributed by atoms with Crippen LogP contribution >= 0.6 is 15.9 Å². The van der Waals surface area contributed by atoms with Crippen LogP contribution in [-0.4, -0.2) is 16.8 Å². The lowest BCUT2D eigenvalue weighted by molar-refractivity contribution is 0.174. The molecule has 126 valence electrons. The van der Waals surface area contributed by atoms with Crippen LogP contribution < -0.4 is 20.1 Å². The number of anilines is 4. The van der Waals surface area contributed by atoms with Crippen molar-refractivity contribution in [1.29, 1.82) is 0 Å². The number of benzene rings is 2. The van der Waals surface area contributed by atoms with Crippen molar-refractivity contribution in [3.05, 3.63) is 58.7 Å². The number of aryl methyl sites for hydroxylation is 1. The number of nitrogens with zero attached hydrogens (tertiary/aromatic N) is 2. The summed E-state index contributed by atoms with van der Waals surface area (Å²) in [6, 6.07) is 13.5. The average molecular weight is 399 g/mol. The summed E-state index contributed by atoms with van der Waals surface area (Å²) in [5, 5.41) is 6.46. The molecule has 1 aliphatic heterocycles. The van der Waals surface area contributed by atoms with Crippen molar-refractivity contribution in [1.82, 2.24) is 9.97 Å². The Balaban J connectivity index is 1.53. The second-order valence-corrected chi connectivity index (χ2v) is 6.42. The van der Waals surface area contributed by atoms with E-state index in [-0.39, 0.29) is 6.79 Å². The topological polar surface area (TPSA) is 68.3 Å². The summed E-state index contributed by atoms with van der Waals surface area (Å²) >= 11 is 3.56. The number of rotatable bonds is 4. The monoisotopic (exact) mass is 398 g/mol. The lowest BCUT2D eigenvalue weighted by Gasteiger charge is -2.10. The van der Waals surface area contributed by atoms with Gasteiger partial charge in [0.05, 0.1) is 5.69 Å². The molecule has 0 fully saturated rings. The molecular weight excluding hydrogens is 384 g/mol. The van der Waals surface area contributed by atoms with Crippen molar-refractivity contribution >= 4 is 39.1 Å². The molecule has 1 aromatic heterocycles. The second kappa shape index (κ2) is 6.60. The molecule has 2 aromatic carbocycles. The first-order valence-corrected chi connectivity index (χ1v) is 8.49. The molecule has 2 heterocycles. The van der Waals surface area contributed by atoms with Crippen LogP contribution in [0.5, 0.6) is 11.5 Å². The van der Waals surface area contributed by atoms with Gasteiger partial charge in [-0.05, 0) is 58.7 Å². The van der Waals surface area contributed by atoms with Gasteiger partial charge in [-0.2, -0.15) is 4.98 Å². The molecule has 0 bridgehead atoms. The van der Waals surface area contributed by atoms with Crippen LogP contribution in [0.25, 0.3) is 0 Å². The van der Waals surface area contributed by atoms with Gasteiger partial charge in [-0.1, -0.05) is 6.07 Å². The highest BCUT2D eigenvalue weighted by molar-refractivity contribution is 9.10. The molecule has 0 unspecified atom stereocenters. The van der Waals surface area contributed by atoms with Crippen LogP contribution in [0.3, 0.4) is 0 Å². The summed E-state index contributed by atoms with van der Waals surface area (Å²) in [5.74, 6) is 2.64. The van der Waals surface area contributed by atoms with Crippen molar-refractivity contribution in [2.45, 2.75) is 6.92 Å². The molecule has 7 heteroatoms. The molecule has 4 rings (SSSR count). The van der Waals surface area contributed by atoms with Crippen molar-refractivity contribution in [3.63, 3.8) is 0 Å². The van der Waals surface area contributed by atoms with E-state index in [1.165, 1.54) is 5.56 Å². The van der Waals surface area contributed by atoms with Gasteiger partial charge in [0.1, 0.15) is 5.82 Å². The summed E-state index contributed by atoms with van der Waals surface area (Å²) < 4.78 is 11.7. The Morgan fingerprint density at radius 2 is 1.88 bits per heavy atom. The maximum Gasteiger partial charge on any atom is 0.231 e. The normalized spacial score (nSPS) is 12.1. The van der Waals surface area contributed by atoms with E-state index in [0.29, 0.717) is 17.5 Å². The Morgan fingerprint density at radius 3 is 2.76 bits per heavy atom. The fraction of sp³-hybridized carbons (Fsp3) is 0.111. The molecule has 0 atom stereocenters. The number of hydrogen-bond donors (Lipinski definition) is 2. The van der Waals surface area contributed by atoms with Crippen LogP contribution in [0.15, 0.2) is 53.1 Å². The van der Waals surface area contributed by atoms with E-state index < -0.39 is 0 Å². The smallest absolute Gasteiger partial charge is 0.231 e. The molecule has 2 N–H and O–H groups in total. The Bertz CT molecular complexity index is 933. The number of halogens is 1. The second-order valence-electron chi connectivity index (χ2n) is 5.57. The Kier molecular flexibility index (Phi) is 4.15. The van der Waals surface area contributed by atoms with Crippen molar-refractivity contribution in [3.8, 4) is 11.5 Å². The van der Waals surface area contributed by atoms with E-state index in [9.17, 15) is 0 Å². The lowest BCUT2D eigenvalue weighted by Crippen LogP contribution is -2.00. The SMILES string of the molecule is Cc1ccc(Nc2ccnc(Nc3ccc4c(c3)OCO4)n2)c(Br)c1. The van der Waals surface area contributed by atoms with Crippen LogP contribution in [0.2, 0.25) is 0 Å². The summed E-state index contributed by atoms with van der Waals surface area (Å²) in [5.41, 5.74) is 2.96. The van der Waals surface area contributed by atoms with Gasteiger partial charge < -0.3 is 20.1 Å². The highest BCUT2D eigenvalue weighted by atomic mass is 79.9. The molecule has 6 nitrogen and oxygen atoms in total. The van der Waals surface area contributed by atoms with E-state index >= 15 is 0 Å². The average Bonchev–Trinajstić information content (AvgIpc) is 3.05. The molecule has 0 radical (unpaired) electrons. The van der Waals surface area contributed by atoms with Crippen molar-refractivity contribution in [2.24, 2.45) is 0 Å². The van der Waals surface area contributed by atoms with Gasteiger partial charge in [-0.15, -0.1) is 0 Å². The third-order valence-electron chi connectivity index (χ3n) is 3.67. The molecule has 0 aliphatic carbocycles. The number of fused-ring (bicyclic) bond motifs is 1. The summed E-state index contributed by atoms with van der Waals surface area (Å²) in [7, 11) is 0. The summed E-state index contributed by atoms with van der Waals surface area (Å²) in [6.45, 7) is 2.30. The van der Waals surface area contributed by atoms with E-state index in [1.54, 1.807) is 6.20 Å². The minimum absolute atomic E-state index is 0.250.